The molecular weight excluding hydrogens is 130 g/mol. The molecule has 0 fully saturated rings. The summed E-state index contributed by atoms with van der Waals surface area (Å²) in [6.07, 6.45) is 0.621. The zero-order valence-corrected chi connectivity index (χ0v) is 6.81. The summed E-state index contributed by atoms with van der Waals surface area (Å²) in [6, 6.07) is 0. The van der Waals surface area contributed by atoms with E-state index in [0.717, 1.165) is 0 Å². The minimum atomic E-state index is -0.769. The summed E-state index contributed by atoms with van der Waals surface area (Å²) in [5.41, 5.74) is 4.33. The van der Waals surface area contributed by atoms with Crippen LogP contribution in [0.25, 0.3) is 0 Å². The number of amides is 1. The van der Waals surface area contributed by atoms with Crippen molar-refractivity contribution >= 4 is 5.91 Å². The molecule has 0 rings (SSSR count). The van der Waals surface area contributed by atoms with Crippen LogP contribution in [0.3, 0.4) is 0 Å². The first-order chi connectivity index (χ1) is 4.56. The van der Waals surface area contributed by atoms with Gasteiger partial charge in [-0.1, -0.05) is 6.92 Å². The maximum absolute atomic E-state index is 10.7. The average molecular weight is 145 g/mol. The van der Waals surface area contributed by atoms with Crippen molar-refractivity contribution in [1.82, 2.24) is 0 Å². The fraction of sp³-hybridized carbons (Fsp3) is 0.857. The van der Waals surface area contributed by atoms with Gasteiger partial charge in [0.1, 0.15) is 5.60 Å². The molecule has 1 atom stereocenters. The largest absolute Gasteiger partial charge is 0.367 e. The third-order valence-electron chi connectivity index (χ3n) is 1.66. The van der Waals surface area contributed by atoms with Crippen molar-refractivity contribution < 1.29 is 9.53 Å². The molecule has 0 aliphatic rings. The topological polar surface area (TPSA) is 52.3 Å². The van der Waals surface area contributed by atoms with E-state index in [-0.39, 0.29) is 0 Å². The molecular formula is C7H15NO2. The minimum absolute atomic E-state index is 0.392. The number of carbonyl (C=O) groups excluding carboxylic acids is 1. The summed E-state index contributed by atoms with van der Waals surface area (Å²) in [7, 11) is 0. The highest BCUT2D eigenvalue weighted by Crippen LogP contribution is 2.13. The molecule has 0 saturated heterocycles. The normalized spacial score (nSPS) is 16.3. The van der Waals surface area contributed by atoms with Crippen LogP contribution < -0.4 is 5.73 Å². The molecule has 0 aromatic rings. The molecule has 0 saturated carbocycles. The van der Waals surface area contributed by atoms with E-state index in [0.29, 0.717) is 13.0 Å². The van der Waals surface area contributed by atoms with Crippen LogP contribution in [0.15, 0.2) is 0 Å². The molecule has 0 radical (unpaired) electrons. The molecule has 3 heteroatoms. The lowest BCUT2D eigenvalue weighted by Gasteiger charge is -2.23. The van der Waals surface area contributed by atoms with Gasteiger partial charge >= 0.3 is 0 Å². The van der Waals surface area contributed by atoms with Gasteiger partial charge in [-0.05, 0) is 20.3 Å². The van der Waals surface area contributed by atoms with Gasteiger partial charge < -0.3 is 10.5 Å². The number of rotatable bonds is 4. The maximum atomic E-state index is 10.7. The van der Waals surface area contributed by atoms with Crippen molar-refractivity contribution in [2.24, 2.45) is 5.73 Å². The molecule has 0 aromatic heterocycles. The highest BCUT2D eigenvalue weighted by Gasteiger charge is 2.28. The SMILES string of the molecule is CCOC(C)(CC)C(N)=O. The second-order valence-corrected chi connectivity index (χ2v) is 2.38. The zero-order chi connectivity index (χ0) is 8.20. The number of hydrogen-bond donors (Lipinski definition) is 1. The molecule has 1 amide bonds. The molecule has 1 unspecified atom stereocenters. The van der Waals surface area contributed by atoms with E-state index in [2.05, 4.69) is 0 Å². The van der Waals surface area contributed by atoms with E-state index in [9.17, 15) is 4.79 Å². The molecule has 0 aliphatic carbocycles. The molecule has 0 heterocycles. The average Bonchev–Trinajstić information content (AvgIpc) is 1.88. The Morgan fingerprint density at radius 2 is 2.10 bits per heavy atom. The molecule has 0 aliphatic heterocycles. The summed E-state index contributed by atoms with van der Waals surface area (Å²) < 4.78 is 5.17. The molecule has 0 aromatic carbocycles. The maximum Gasteiger partial charge on any atom is 0.249 e. The summed E-state index contributed by atoms with van der Waals surface area (Å²) >= 11 is 0. The van der Waals surface area contributed by atoms with Gasteiger partial charge in [-0.15, -0.1) is 0 Å². The lowest BCUT2D eigenvalue weighted by molar-refractivity contribution is -0.141. The Kier molecular flexibility index (Phi) is 3.36. The van der Waals surface area contributed by atoms with Crippen LogP contribution in [-0.2, 0) is 9.53 Å². The van der Waals surface area contributed by atoms with Gasteiger partial charge in [-0.3, -0.25) is 4.79 Å². The van der Waals surface area contributed by atoms with Gasteiger partial charge in [0.2, 0.25) is 5.91 Å². The van der Waals surface area contributed by atoms with Gasteiger partial charge in [0.05, 0.1) is 0 Å². The number of carbonyl (C=O) groups is 1. The predicted molar refractivity (Wildman–Crippen MR) is 39.5 cm³/mol. The highest BCUT2D eigenvalue weighted by molar-refractivity contribution is 5.82. The number of primary amides is 1. The number of nitrogens with two attached hydrogens (primary N) is 1. The Hall–Kier alpha value is -0.570. The van der Waals surface area contributed by atoms with Crippen molar-refractivity contribution in [2.75, 3.05) is 6.61 Å². The highest BCUT2D eigenvalue weighted by atomic mass is 16.5. The summed E-state index contributed by atoms with van der Waals surface area (Å²) in [5, 5.41) is 0. The summed E-state index contributed by atoms with van der Waals surface area (Å²) in [6.45, 7) is 5.95. The van der Waals surface area contributed by atoms with Gasteiger partial charge in [0, 0.05) is 6.61 Å². The van der Waals surface area contributed by atoms with Crippen LogP contribution >= 0.6 is 0 Å². The molecule has 60 valence electrons. The van der Waals surface area contributed by atoms with Crippen molar-refractivity contribution in [3.63, 3.8) is 0 Å². The fourth-order valence-corrected chi connectivity index (χ4v) is 0.666. The van der Waals surface area contributed by atoms with Crippen LogP contribution in [0.1, 0.15) is 27.2 Å². The van der Waals surface area contributed by atoms with Crippen molar-refractivity contribution in [3.05, 3.63) is 0 Å². The Morgan fingerprint density at radius 3 is 2.20 bits per heavy atom. The number of ether oxygens (including phenoxy) is 1. The van der Waals surface area contributed by atoms with Crippen LogP contribution in [0, 0.1) is 0 Å². The van der Waals surface area contributed by atoms with Crippen LogP contribution in [0.2, 0.25) is 0 Å². The van der Waals surface area contributed by atoms with Gasteiger partial charge in [0.15, 0.2) is 0 Å². The third kappa shape index (κ3) is 1.99. The molecule has 0 spiro atoms. The molecule has 2 N–H and O–H groups in total. The van der Waals surface area contributed by atoms with Crippen molar-refractivity contribution in [3.8, 4) is 0 Å². The van der Waals surface area contributed by atoms with Gasteiger partial charge in [-0.2, -0.15) is 0 Å². The number of hydrogen-bond acceptors (Lipinski definition) is 2. The fourth-order valence-electron chi connectivity index (χ4n) is 0.666. The monoisotopic (exact) mass is 145 g/mol. The second kappa shape index (κ2) is 3.56. The predicted octanol–water partition coefficient (Wildman–Crippen LogP) is 0.677. The quantitative estimate of drug-likeness (QED) is 0.632. The summed E-state index contributed by atoms with van der Waals surface area (Å²) in [4.78, 5) is 10.7. The van der Waals surface area contributed by atoms with Crippen molar-refractivity contribution in [2.45, 2.75) is 32.8 Å². The lowest BCUT2D eigenvalue weighted by Crippen LogP contribution is -2.42. The third-order valence-corrected chi connectivity index (χ3v) is 1.66. The minimum Gasteiger partial charge on any atom is -0.367 e. The zero-order valence-electron chi connectivity index (χ0n) is 6.81. The van der Waals surface area contributed by atoms with Crippen LogP contribution in [-0.4, -0.2) is 18.1 Å². The molecule has 0 bridgehead atoms. The van der Waals surface area contributed by atoms with Crippen LogP contribution in [0.5, 0.6) is 0 Å². The van der Waals surface area contributed by atoms with E-state index in [1.807, 2.05) is 13.8 Å². The Bertz CT molecular complexity index is 125. The van der Waals surface area contributed by atoms with E-state index in [1.54, 1.807) is 6.92 Å². The van der Waals surface area contributed by atoms with E-state index >= 15 is 0 Å². The smallest absolute Gasteiger partial charge is 0.249 e. The van der Waals surface area contributed by atoms with Gasteiger partial charge in [-0.25, -0.2) is 0 Å². The van der Waals surface area contributed by atoms with Crippen molar-refractivity contribution in [1.29, 1.82) is 0 Å². The first-order valence-corrected chi connectivity index (χ1v) is 3.50. The Balaban J connectivity index is 4.08. The molecule has 3 nitrogen and oxygen atoms in total. The first kappa shape index (κ1) is 9.43. The second-order valence-electron chi connectivity index (χ2n) is 2.38. The Labute approximate surface area is 61.5 Å². The van der Waals surface area contributed by atoms with Crippen LogP contribution in [0.4, 0.5) is 0 Å². The van der Waals surface area contributed by atoms with E-state index in [1.165, 1.54) is 0 Å². The first-order valence-electron chi connectivity index (χ1n) is 3.50. The van der Waals surface area contributed by atoms with E-state index in [4.69, 9.17) is 10.5 Å². The Morgan fingerprint density at radius 1 is 1.60 bits per heavy atom. The lowest BCUT2D eigenvalue weighted by atomic mass is 10.0. The van der Waals surface area contributed by atoms with Gasteiger partial charge in [0.25, 0.3) is 0 Å². The van der Waals surface area contributed by atoms with E-state index < -0.39 is 11.5 Å². The molecule has 10 heavy (non-hydrogen) atoms. The summed E-state index contributed by atoms with van der Waals surface area (Å²) in [5.74, 6) is -0.392. The standard InChI is InChI=1S/C7H15NO2/c1-4-7(3,6(8)9)10-5-2/h4-5H2,1-3H3,(H2,8,9).